The van der Waals surface area contributed by atoms with Gasteiger partial charge >= 0.3 is 0 Å². The van der Waals surface area contributed by atoms with Crippen molar-refractivity contribution in [3.63, 3.8) is 0 Å². The molecule has 0 aliphatic heterocycles. The summed E-state index contributed by atoms with van der Waals surface area (Å²) in [5, 5.41) is 3.91. The first kappa shape index (κ1) is 15.6. The summed E-state index contributed by atoms with van der Waals surface area (Å²) in [5.41, 5.74) is 4.46. The number of benzene rings is 1. The first-order valence-electron chi connectivity index (χ1n) is 6.81. The van der Waals surface area contributed by atoms with Crippen molar-refractivity contribution in [1.29, 1.82) is 0 Å². The molecule has 1 N–H and O–H groups in total. The van der Waals surface area contributed by atoms with Gasteiger partial charge in [0.1, 0.15) is 11.5 Å². The summed E-state index contributed by atoms with van der Waals surface area (Å²) in [7, 11) is 3.53. The lowest BCUT2D eigenvalue weighted by molar-refractivity contribution is -0.123. The number of hydrogen-bond donors (Lipinski definition) is 1. The van der Waals surface area contributed by atoms with E-state index in [1.165, 1.54) is 0 Å². The molecule has 0 spiro atoms. The molecule has 0 aliphatic rings. The van der Waals surface area contributed by atoms with Crippen LogP contribution in [0.3, 0.4) is 0 Å². The number of aromatic nitrogens is 1. The lowest BCUT2D eigenvalue weighted by Gasteiger charge is -2.06. The molecule has 0 bridgehead atoms. The van der Waals surface area contributed by atoms with E-state index < -0.39 is 0 Å². The third kappa shape index (κ3) is 4.12. The number of nitrogens with one attached hydrogen (secondary N) is 1. The molecule has 1 heterocycles. The Labute approximate surface area is 129 Å². The minimum Gasteiger partial charge on any atom is -0.497 e. The number of ether oxygens (including phenoxy) is 2. The number of aryl methyl sites for hydroxylation is 1. The van der Waals surface area contributed by atoms with Crippen molar-refractivity contribution in [3.8, 4) is 11.5 Å². The third-order valence-corrected chi connectivity index (χ3v) is 3.23. The van der Waals surface area contributed by atoms with Crippen LogP contribution in [0.1, 0.15) is 11.4 Å². The maximum Gasteiger partial charge on any atom is 0.277 e. The quantitative estimate of drug-likeness (QED) is 0.654. The van der Waals surface area contributed by atoms with Gasteiger partial charge in [-0.1, -0.05) is 0 Å². The van der Waals surface area contributed by atoms with E-state index in [0.29, 0.717) is 5.75 Å². The molecule has 0 atom stereocenters. The largest absolute Gasteiger partial charge is 0.497 e. The second kappa shape index (κ2) is 7.31. The number of carbonyl (C=O) groups is 1. The van der Waals surface area contributed by atoms with E-state index in [1.807, 2.05) is 30.7 Å². The molecule has 0 saturated carbocycles. The van der Waals surface area contributed by atoms with Gasteiger partial charge in [0.2, 0.25) is 0 Å². The second-order valence-electron chi connectivity index (χ2n) is 4.72. The maximum absolute atomic E-state index is 11.6. The molecule has 1 amide bonds. The maximum atomic E-state index is 11.6. The van der Waals surface area contributed by atoms with E-state index in [4.69, 9.17) is 9.47 Å². The molecule has 0 unspecified atom stereocenters. The molecule has 22 heavy (non-hydrogen) atoms. The average molecular weight is 301 g/mol. The van der Waals surface area contributed by atoms with E-state index in [2.05, 4.69) is 10.5 Å². The van der Waals surface area contributed by atoms with Crippen LogP contribution >= 0.6 is 0 Å². The van der Waals surface area contributed by atoms with Crippen molar-refractivity contribution in [2.24, 2.45) is 12.1 Å². The van der Waals surface area contributed by atoms with Crippen LogP contribution < -0.4 is 14.9 Å². The van der Waals surface area contributed by atoms with Gasteiger partial charge in [0.15, 0.2) is 6.61 Å². The summed E-state index contributed by atoms with van der Waals surface area (Å²) in [6, 6.07) is 10.9. The highest BCUT2D eigenvalue weighted by molar-refractivity contribution is 5.82. The molecule has 116 valence electrons. The van der Waals surface area contributed by atoms with Crippen molar-refractivity contribution >= 4 is 12.1 Å². The number of methoxy groups -OCH3 is 1. The van der Waals surface area contributed by atoms with E-state index in [0.717, 1.165) is 17.1 Å². The second-order valence-corrected chi connectivity index (χ2v) is 4.72. The Hall–Kier alpha value is -2.76. The molecule has 0 saturated heterocycles. The smallest absolute Gasteiger partial charge is 0.277 e. The Morgan fingerprint density at radius 1 is 1.23 bits per heavy atom. The van der Waals surface area contributed by atoms with Crippen LogP contribution in [0.2, 0.25) is 0 Å². The van der Waals surface area contributed by atoms with E-state index in [9.17, 15) is 4.79 Å². The molecule has 0 fully saturated rings. The van der Waals surface area contributed by atoms with Crippen molar-refractivity contribution < 1.29 is 14.3 Å². The van der Waals surface area contributed by atoms with Gasteiger partial charge in [-0.25, -0.2) is 5.43 Å². The van der Waals surface area contributed by atoms with Gasteiger partial charge in [-0.05, 0) is 43.3 Å². The zero-order chi connectivity index (χ0) is 15.9. The lowest BCUT2D eigenvalue weighted by Crippen LogP contribution is -2.24. The van der Waals surface area contributed by atoms with E-state index in [1.54, 1.807) is 37.6 Å². The first-order chi connectivity index (χ1) is 10.6. The third-order valence-electron chi connectivity index (χ3n) is 3.23. The fourth-order valence-electron chi connectivity index (χ4n) is 1.79. The number of rotatable bonds is 6. The van der Waals surface area contributed by atoms with Crippen LogP contribution in [0.15, 0.2) is 41.5 Å². The van der Waals surface area contributed by atoms with E-state index in [-0.39, 0.29) is 12.5 Å². The normalized spacial score (nSPS) is 10.7. The Kier molecular flexibility index (Phi) is 5.19. The molecular formula is C16H19N3O3. The lowest BCUT2D eigenvalue weighted by atomic mass is 10.3. The standard InChI is InChI=1S/C16H19N3O3/c1-12-4-5-13(19(12)2)10-17-18-16(20)11-22-15-8-6-14(21-3)7-9-15/h4-10H,11H2,1-3H3,(H,18,20)/b17-10-. The summed E-state index contributed by atoms with van der Waals surface area (Å²) in [6.45, 7) is 1.90. The molecule has 6 heteroatoms. The SMILES string of the molecule is COc1ccc(OCC(=O)N/N=C\c2ccc(C)n2C)cc1. The summed E-state index contributed by atoms with van der Waals surface area (Å²) in [4.78, 5) is 11.6. The minimum atomic E-state index is -0.321. The first-order valence-corrected chi connectivity index (χ1v) is 6.81. The van der Waals surface area contributed by atoms with Crippen LogP contribution in [0.5, 0.6) is 11.5 Å². The van der Waals surface area contributed by atoms with Gasteiger partial charge < -0.3 is 14.0 Å². The van der Waals surface area contributed by atoms with Gasteiger partial charge in [0.25, 0.3) is 5.91 Å². The van der Waals surface area contributed by atoms with Crippen molar-refractivity contribution in [3.05, 3.63) is 47.8 Å². The number of hydrazone groups is 1. The Balaban J connectivity index is 1.79. The molecule has 0 radical (unpaired) electrons. The van der Waals surface area contributed by atoms with Crippen LogP contribution in [-0.2, 0) is 11.8 Å². The Bertz CT molecular complexity index is 660. The zero-order valence-corrected chi connectivity index (χ0v) is 12.9. The summed E-state index contributed by atoms with van der Waals surface area (Å²) in [6.07, 6.45) is 1.60. The van der Waals surface area contributed by atoms with Gasteiger partial charge in [0.05, 0.1) is 19.0 Å². The molecule has 2 aromatic rings. The summed E-state index contributed by atoms with van der Waals surface area (Å²) in [5.74, 6) is 1.01. The fraction of sp³-hybridized carbons (Fsp3) is 0.250. The summed E-state index contributed by atoms with van der Waals surface area (Å²) < 4.78 is 12.4. The molecule has 6 nitrogen and oxygen atoms in total. The van der Waals surface area contributed by atoms with Crippen molar-refractivity contribution in [2.45, 2.75) is 6.92 Å². The van der Waals surface area contributed by atoms with Crippen LogP contribution in [0.25, 0.3) is 0 Å². The van der Waals surface area contributed by atoms with Crippen LogP contribution in [0, 0.1) is 6.92 Å². The predicted molar refractivity (Wildman–Crippen MR) is 84.4 cm³/mol. The van der Waals surface area contributed by atoms with Crippen molar-refractivity contribution in [1.82, 2.24) is 9.99 Å². The van der Waals surface area contributed by atoms with Gasteiger partial charge in [-0.15, -0.1) is 0 Å². The van der Waals surface area contributed by atoms with Gasteiger partial charge in [-0.3, -0.25) is 4.79 Å². The number of hydrogen-bond acceptors (Lipinski definition) is 4. The minimum absolute atomic E-state index is 0.101. The molecule has 2 rings (SSSR count). The van der Waals surface area contributed by atoms with Gasteiger partial charge in [0, 0.05) is 12.7 Å². The number of nitrogens with zero attached hydrogens (tertiary/aromatic N) is 2. The van der Waals surface area contributed by atoms with Crippen molar-refractivity contribution in [2.75, 3.05) is 13.7 Å². The highest BCUT2D eigenvalue weighted by Crippen LogP contribution is 2.16. The molecule has 0 aliphatic carbocycles. The van der Waals surface area contributed by atoms with Crippen LogP contribution in [0.4, 0.5) is 0 Å². The van der Waals surface area contributed by atoms with Crippen LogP contribution in [-0.4, -0.2) is 30.4 Å². The number of carbonyl (C=O) groups excluding carboxylic acids is 1. The monoisotopic (exact) mass is 301 g/mol. The highest BCUT2D eigenvalue weighted by Gasteiger charge is 2.02. The number of amides is 1. The zero-order valence-electron chi connectivity index (χ0n) is 12.9. The molecular weight excluding hydrogens is 282 g/mol. The topological polar surface area (TPSA) is 64.8 Å². The van der Waals surface area contributed by atoms with Gasteiger partial charge in [-0.2, -0.15) is 5.10 Å². The molecule has 1 aromatic heterocycles. The fourth-order valence-corrected chi connectivity index (χ4v) is 1.79. The molecule has 1 aromatic carbocycles. The Morgan fingerprint density at radius 3 is 2.50 bits per heavy atom. The average Bonchev–Trinajstić information content (AvgIpc) is 2.85. The highest BCUT2D eigenvalue weighted by atomic mass is 16.5. The van der Waals surface area contributed by atoms with E-state index >= 15 is 0 Å². The predicted octanol–water partition coefficient (Wildman–Crippen LogP) is 1.87. The Morgan fingerprint density at radius 2 is 1.91 bits per heavy atom. The summed E-state index contributed by atoms with van der Waals surface area (Å²) >= 11 is 0.